The lowest BCUT2D eigenvalue weighted by molar-refractivity contribution is -0.142. The number of phenols is 1. The number of amides is 2. The van der Waals surface area contributed by atoms with Gasteiger partial charge in [0.15, 0.2) is 0 Å². The fourth-order valence-corrected chi connectivity index (χ4v) is 2.78. The zero-order chi connectivity index (χ0) is 23.5. The van der Waals surface area contributed by atoms with Crippen LogP contribution in [-0.4, -0.2) is 51.3 Å². The molecule has 2 amide bonds. The van der Waals surface area contributed by atoms with Gasteiger partial charge in [-0.05, 0) is 29.7 Å². The van der Waals surface area contributed by atoms with Crippen molar-refractivity contribution in [3.63, 3.8) is 0 Å². The fourth-order valence-electron chi connectivity index (χ4n) is 2.78. The molecule has 32 heavy (non-hydrogen) atoms. The standard InChI is InChI=1S/C22H24N2O8/c25-16-8-6-14(7-9-16)12-18(21(29)30)23-20(28)17(10-11-19(26)27)24-22(31)32-13-15-4-2-1-3-5-15/h1-9,17-18,25H,10-13H2,(H,23,28)(H,24,31)(H,26,27)(H,29,30)/t17-,18?/m0/s1. The van der Waals surface area contributed by atoms with Crippen LogP contribution in [0.1, 0.15) is 24.0 Å². The molecule has 0 spiro atoms. The van der Waals surface area contributed by atoms with Crippen molar-refractivity contribution in [3.8, 4) is 5.75 Å². The summed E-state index contributed by atoms with van der Waals surface area (Å²) in [6.07, 6.45) is -1.70. The maximum Gasteiger partial charge on any atom is 0.408 e. The molecule has 170 valence electrons. The van der Waals surface area contributed by atoms with Gasteiger partial charge in [-0.3, -0.25) is 9.59 Å². The number of nitrogens with one attached hydrogen (secondary N) is 2. The molecular weight excluding hydrogens is 420 g/mol. The second-order valence-corrected chi connectivity index (χ2v) is 6.96. The topological polar surface area (TPSA) is 162 Å². The first-order chi connectivity index (χ1) is 15.2. The summed E-state index contributed by atoms with van der Waals surface area (Å²) in [6.45, 7) is -0.0570. The van der Waals surface area contributed by atoms with E-state index in [9.17, 15) is 29.4 Å². The molecule has 5 N–H and O–H groups in total. The first-order valence-electron chi connectivity index (χ1n) is 9.74. The highest BCUT2D eigenvalue weighted by molar-refractivity contribution is 5.89. The lowest BCUT2D eigenvalue weighted by Gasteiger charge is -2.21. The number of aliphatic carboxylic acids is 2. The van der Waals surface area contributed by atoms with Gasteiger partial charge in [0, 0.05) is 12.8 Å². The highest BCUT2D eigenvalue weighted by Crippen LogP contribution is 2.12. The minimum atomic E-state index is -1.33. The molecule has 0 radical (unpaired) electrons. The molecule has 2 aromatic rings. The van der Waals surface area contributed by atoms with Gasteiger partial charge in [0.25, 0.3) is 0 Å². The van der Waals surface area contributed by atoms with Crippen molar-refractivity contribution in [1.29, 1.82) is 0 Å². The number of alkyl carbamates (subject to hydrolysis) is 1. The molecule has 0 saturated carbocycles. The number of rotatable bonds is 11. The summed E-state index contributed by atoms with van der Waals surface area (Å²) >= 11 is 0. The minimum absolute atomic E-state index is 0.0108. The summed E-state index contributed by atoms with van der Waals surface area (Å²) in [6, 6.07) is 12.0. The molecule has 0 aliphatic rings. The summed E-state index contributed by atoms with van der Waals surface area (Å²) in [4.78, 5) is 47.3. The molecule has 0 fully saturated rings. The zero-order valence-corrected chi connectivity index (χ0v) is 17.1. The predicted molar refractivity (Wildman–Crippen MR) is 112 cm³/mol. The third kappa shape index (κ3) is 8.34. The van der Waals surface area contributed by atoms with Crippen LogP contribution in [0.3, 0.4) is 0 Å². The van der Waals surface area contributed by atoms with Gasteiger partial charge in [0.2, 0.25) is 5.91 Å². The van der Waals surface area contributed by atoms with Gasteiger partial charge in [0.1, 0.15) is 24.4 Å². The first-order valence-corrected chi connectivity index (χ1v) is 9.74. The van der Waals surface area contributed by atoms with Crippen molar-refractivity contribution in [1.82, 2.24) is 10.6 Å². The summed E-state index contributed by atoms with van der Waals surface area (Å²) in [5.41, 5.74) is 1.27. The van der Waals surface area contributed by atoms with Crippen LogP contribution in [-0.2, 0) is 32.1 Å². The van der Waals surface area contributed by atoms with E-state index in [1.807, 2.05) is 0 Å². The molecule has 0 aromatic heterocycles. The van der Waals surface area contributed by atoms with Gasteiger partial charge in [-0.1, -0.05) is 42.5 Å². The molecule has 1 unspecified atom stereocenters. The van der Waals surface area contributed by atoms with E-state index >= 15 is 0 Å². The van der Waals surface area contributed by atoms with E-state index in [0.29, 0.717) is 11.1 Å². The van der Waals surface area contributed by atoms with Crippen molar-refractivity contribution < 1.29 is 39.2 Å². The fraction of sp³-hybridized carbons (Fsp3) is 0.273. The van der Waals surface area contributed by atoms with Crippen LogP contribution in [0, 0.1) is 0 Å². The Morgan fingerprint density at radius 2 is 1.50 bits per heavy atom. The third-order valence-electron chi connectivity index (χ3n) is 4.46. The Morgan fingerprint density at radius 3 is 2.09 bits per heavy atom. The second kappa shape index (κ2) is 11.9. The van der Waals surface area contributed by atoms with Gasteiger partial charge in [-0.15, -0.1) is 0 Å². The number of carbonyl (C=O) groups excluding carboxylic acids is 2. The molecule has 0 saturated heterocycles. The Bertz CT molecular complexity index is 931. The summed E-state index contributed by atoms with van der Waals surface area (Å²) in [5, 5.41) is 32.3. The molecule has 0 bridgehead atoms. The number of carboxylic acids is 2. The molecule has 2 aromatic carbocycles. The quantitative estimate of drug-likeness (QED) is 0.349. The van der Waals surface area contributed by atoms with Gasteiger partial charge < -0.3 is 30.7 Å². The highest BCUT2D eigenvalue weighted by Gasteiger charge is 2.27. The average molecular weight is 444 g/mol. The number of benzene rings is 2. The van der Waals surface area contributed by atoms with E-state index in [4.69, 9.17) is 9.84 Å². The number of ether oxygens (including phenoxy) is 1. The van der Waals surface area contributed by atoms with Crippen LogP contribution < -0.4 is 10.6 Å². The maximum atomic E-state index is 12.6. The Hall–Kier alpha value is -4.08. The molecule has 2 atom stereocenters. The van der Waals surface area contributed by atoms with Crippen molar-refractivity contribution in [2.75, 3.05) is 0 Å². The molecule has 0 aliphatic carbocycles. The summed E-state index contributed by atoms with van der Waals surface area (Å²) < 4.78 is 5.06. The molecular formula is C22H24N2O8. The Kier molecular flexibility index (Phi) is 9.03. The smallest absolute Gasteiger partial charge is 0.408 e. The van der Waals surface area contributed by atoms with Gasteiger partial charge in [0.05, 0.1) is 0 Å². The first kappa shape index (κ1) is 24.2. The van der Waals surface area contributed by atoms with E-state index in [1.54, 1.807) is 30.3 Å². The largest absolute Gasteiger partial charge is 0.508 e. The summed E-state index contributed by atoms with van der Waals surface area (Å²) in [5.74, 6) is -3.33. The Labute approximate surface area is 183 Å². The average Bonchev–Trinajstić information content (AvgIpc) is 2.76. The van der Waals surface area contributed by atoms with Crippen molar-refractivity contribution in [3.05, 3.63) is 65.7 Å². The van der Waals surface area contributed by atoms with Crippen molar-refractivity contribution in [2.24, 2.45) is 0 Å². The van der Waals surface area contributed by atoms with E-state index in [0.717, 1.165) is 0 Å². The molecule has 10 heteroatoms. The van der Waals surface area contributed by atoms with Crippen LogP contribution in [0.25, 0.3) is 0 Å². The SMILES string of the molecule is O=C(O)CC[C@H](NC(=O)OCc1ccccc1)C(=O)NC(Cc1ccc(O)cc1)C(=O)O. The van der Waals surface area contributed by atoms with Crippen LogP contribution >= 0.6 is 0 Å². The minimum Gasteiger partial charge on any atom is -0.508 e. The highest BCUT2D eigenvalue weighted by atomic mass is 16.5. The normalized spacial score (nSPS) is 12.2. The number of hydrogen-bond donors (Lipinski definition) is 5. The second-order valence-electron chi connectivity index (χ2n) is 6.96. The van der Waals surface area contributed by atoms with E-state index in [2.05, 4.69) is 10.6 Å². The zero-order valence-electron chi connectivity index (χ0n) is 17.1. The summed E-state index contributed by atoms with van der Waals surface area (Å²) in [7, 11) is 0. The maximum absolute atomic E-state index is 12.6. The van der Waals surface area contributed by atoms with Crippen LogP contribution in [0.15, 0.2) is 54.6 Å². The van der Waals surface area contributed by atoms with E-state index < -0.39 is 42.4 Å². The predicted octanol–water partition coefficient (Wildman–Crippen LogP) is 1.66. The van der Waals surface area contributed by atoms with Gasteiger partial charge in [-0.25, -0.2) is 9.59 Å². The van der Waals surface area contributed by atoms with E-state index in [-0.39, 0.29) is 25.2 Å². The van der Waals surface area contributed by atoms with Crippen molar-refractivity contribution >= 4 is 23.9 Å². The van der Waals surface area contributed by atoms with Crippen LogP contribution in [0.5, 0.6) is 5.75 Å². The molecule has 10 nitrogen and oxygen atoms in total. The molecule has 0 aliphatic heterocycles. The lowest BCUT2D eigenvalue weighted by atomic mass is 10.0. The van der Waals surface area contributed by atoms with Gasteiger partial charge >= 0.3 is 18.0 Å². The number of hydrogen-bond acceptors (Lipinski definition) is 6. The number of phenolic OH excluding ortho intramolecular Hbond substituents is 1. The Morgan fingerprint density at radius 1 is 0.844 bits per heavy atom. The van der Waals surface area contributed by atoms with Crippen LogP contribution in [0.2, 0.25) is 0 Å². The van der Waals surface area contributed by atoms with Crippen molar-refractivity contribution in [2.45, 2.75) is 38.0 Å². The van der Waals surface area contributed by atoms with Crippen LogP contribution in [0.4, 0.5) is 4.79 Å². The number of carboxylic acid groups (broad SMARTS) is 2. The lowest BCUT2D eigenvalue weighted by Crippen LogP contribution is -2.52. The number of aromatic hydroxyl groups is 1. The van der Waals surface area contributed by atoms with Gasteiger partial charge in [-0.2, -0.15) is 0 Å². The van der Waals surface area contributed by atoms with E-state index in [1.165, 1.54) is 24.3 Å². The Balaban J connectivity index is 2.01. The monoisotopic (exact) mass is 444 g/mol. The number of carbonyl (C=O) groups is 4. The molecule has 0 heterocycles. The molecule has 2 rings (SSSR count). The third-order valence-corrected chi connectivity index (χ3v) is 4.46.